The van der Waals surface area contributed by atoms with Crippen LogP contribution in [-0.2, 0) is 10.0 Å². The maximum Gasteiger partial charge on any atom is 0.251 e. The monoisotopic (exact) mass is 510 g/mol. The molecule has 5 atom stereocenters. The second kappa shape index (κ2) is 7.84. The maximum absolute atomic E-state index is 13.4. The normalized spacial score (nSPS) is 35.3. The van der Waals surface area contributed by atoms with Gasteiger partial charge < -0.3 is 5.32 Å². The molecule has 2 saturated carbocycles. The maximum atomic E-state index is 13.4. The van der Waals surface area contributed by atoms with Crippen molar-refractivity contribution in [2.45, 2.75) is 71.2 Å². The van der Waals surface area contributed by atoms with Crippen LogP contribution in [0.1, 0.15) is 70.7 Å². The van der Waals surface area contributed by atoms with E-state index in [1.165, 1.54) is 6.42 Å². The van der Waals surface area contributed by atoms with E-state index in [0.717, 1.165) is 19.3 Å². The molecule has 5 nitrogen and oxygen atoms in total. The van der Waals surface area contributed by atoms with Crippen LogP contribution in [0.5, 0.6) is 0 Å². The van der Waals surface area contributed by atoms with Gasteiger partial charge in [0.2, 0.25) is 10.0 Å². The van der Waals surface area contributed by atoms with Crippen LogP contribution >= 0.6 is 15.9 Å². The van der Waals surface area contributed by atoms with Crippen molar-refractivity contribution in [3.63, 3.8) is 0 Å². The molecule has 0 aromatic heterocycles. The summed E-state index contributed by atoms with van der Waals surface area (Å²) in [5.41, 5.74) is 0.573. The van der Waals surface area contributed by atoms with E-state index in [0.29, 0.717) is 40.9 Å². The van der Waals surface area contributed by atoms with Gasteiger partial charge in [0.1, 0.15) is 0 Å². The Morgan fingerprint density at radius 1 is 1.16 bits per heavy atom. The fraction of sp³-hybridized carbons (Fsp3) is 0.708. The van der Waals surface area contributed by atoms with E-state index >= 15 is 0 Å². The largest absolute Gasteiger partial charge is 0.348 e. The third kappa shape index (κ3) is 3.99. The standard InChI is InChI=1S/C24H35BrN2O3S/c1-15-10-16(2)14-27(13-15)31(29,30)20-11-17(6-7-19(20)25)21(28)26-22-23(3,4)18-8-9-24(22,5)12-18/h6-7,11,15-16,18,22H,8-10,12-14H2,1-5H3,(H,26,28)/t15?,16?,18-,22?,24+/m1/s1. The zero-order valence-electron chi connectivity index (χ0n) is 19.2. The number of nitrogens with zero attached hydrogens (tertiary/aromatic N) is 1. The molecule has 172 valence electrons. The van der Waals surface area contributed by atoms with Crippen LogP contribution in [0, 0.1) is 28.6 Å². The molecule has 3 aliphatic rings. The van der Waals surface area contributed by atoms with Gasteiger partial charge >= 0.3 is 0 Å². The second-order valence-electron chi connectivity index (χ2n) is 11.2. The summed E-state index contributed by atoms with van der Waals surface area (Å²) in [4.78, 5) is 13.4. The molecule has 1 aromatic rings. The van der Waals surface area contributed by atoms with Gasteiger partial charge in [-0.1, -0.05) is 34.6 Å². The Morgan fingerprint density at radius 3 is 2.39 bits per heavy atom. The van der Waals surface area contributed by atoms with E-state index in [2.05, 4.69) is 55.9 Å². The minimum Gasteiger partial charge on any atom is -0.348 e. The molecule has 1 heterocycles. The quantitative estimate of drug-likeness (QED) is 0.615. The van der Waals surface area contributed by atoms with Gasteiger partial charge in [-0.25, -0.2) is 8.42 Å². The summed E-state index contributed by atoms with van der Waals surface area (Å²) in [5.74, 6) is 1.09. The topological polar surface area (TPSA) is 66.5 Å². The Morgan fingerprint density at radius 2 is 1.81 bits per heavy atom. The van der Waals surface area contributed by atoms with Crippen molar-refractivity contribution in [2.75, 3.05) is 13.1 Å². The summed E-state index contributed by atoms with van der Waals surface area (Å²) in [6.45, 7) is 12.0. The number of halogens is 1. The molecule has 0 spiro atoms. The average Bonchev–Trinajstić information content (AvgIpc) is 3.15. The minimum atomic E-state index is -3.68. The SMILES string of the molecule is CC1CC(C)CN(S(=O)(=O)c2cc(C(=O)NC3C(C)(C)[C@@H]4CC[C@@]3(C)C4)ccc2Br)C1. The molecule has 1 aliphatic heterocycles. The van der Waals surface area contributed by atoms with Crippen molar-refractivity contribution < 1.29 is 13.2 Å². The number of amides is 1. The van der Waals surface area contributed by atoms with E-state index < -0.39 is 10.0 Å². The van der Waals surface area contributed by atoms with Crippen molar-refractivity contribution in [1.82, 2.24) is 9.62 Å². The van der Waals surface area contributed by atoms with Gasteiger partial charge in [-0.15, -0.1) is 0 Å². The molecule has 3 unspecified atom stereocenters. The van der Waals surface area contributed by atoms with Gasteiger partial charge in [0.15, 0.2) is 0 Å². The number of sulfonamides is 1. The molecule has 7 heteroatoms. The highest BCUT2D eigenvalue weighted by Crippen LogP contribution is 2.62. The summed E-state index contributed by atoms with van der Waals surface area (Å²) >= 11 is 3.42. The lowest BCUT2D eigenvalue weighted by atomic mass is 9.68. The molecular weight excluding hydrogens is 476 g/mol. The number of fused-ring (bicyclic) bond motifs is 2. The van der Waals surface area contributed by atoms with Crippen LogP contribution in [0.2, 0.25) is 0 Å². The third-order valence-corrected chi connectivity index (χ3v) is 11.0. The first-order valence-electron chi connectivity index (χ1n) is 11.4. The van der Waals surface area contributed by atoms with Gasteiger partial charge in [-0.3, -0.25) is 4.79 Å². The van der Waals surface area contributed by atoms with Gasteiger partial charge in [-0.2, -0.15) is 4.31 Å². The first kappa shape index (κ1) is 23.2. The highest BCUT2D eigenvalue weighted by Gasteiger charge is 2.59. The predicted molar refractivity (Wildman–Crippen MR) is 126 cm³/mol. The number of benzene rings is 1. The number of carbonyl (C=O) groups is 1. The van der Waals surface area contributed by atoms with Crippen LogP contribution in [0.3, 0.4) is 0 Å². The van der Waals surface area contributed by atoms with Crippen LogP contribution in [0.4, 0.5) is 0 Å². The Hall–Kier alpha value is -0.920. The lowest BCUT2D eigenvalue weighted by molar-refractivity contribution is 0.0737. The summed E-state index contributed by atoms with van der Waals surface area (Å²) < 4.78 is 29.0. The summed E-state index contributed by atoms with van der Waals surface area (Å²) in [6.07, 6.45) is 4.55. The molecule has 0 radical (unpaired) electrons. The Labute approximate surface area is 195 Å². The van der Waals surface area contributed by atoms with Crippen LogP contribution in [0.25, 0.3) is 0 Å². The molecule has 1 saturated heterocycles. The van der Waals surface area contributed by atoms with Gasteiger partial charge in [0.05, 0.1) is 4.90 Å². The molecular formula is C24H35BrN2O3S. The summed E-state index contributed by atoms with van der Waals surface area (Å²) in [5, 5.41) is 3.29. The number of piperidine rings is 1. The van der Waals surface area contributed by atoms with Crippen molar-refractivity contribution in [3.05, 3.63) is 28.2 Å². The summed E-state index contributed by atoms with van der Waals surface area (Å²) in [6, 6.07) is 5.04. The highest BCUT2D eigenvalue weighted by molar-refractivity contribution is 9.10. The lowest BCUT2D eigenvalue weighted by Gasteiger charge is -2.43. The van der Waals surface area contributed by atoms with Crippen molar-refractivity contribution in [3.8, 4) is 0 Å². The van der Waals surface area contributed by atoms with Crippen molar-refractivity contribution in [2.24, 2.45) is 28.6 Å². The van der Waals surface area contributed by atoms with Gasteiger partial charge in [-0.05, 0) is 88.4 Å². The molecule has 4 rings (SSSR count). The Bertz CT molecular complexity index is 978. The predicted octanol–water partition coefficient (Wildman–Crippen LogP) is 5.06. The number of rotatable bonds is 4. The molecule has 3 fully saturated rings. The van der Waals surface area contributed by atoms with Crippen molar-refractivity contribution >= 4 is 31.9 Å². The number of carbonyl (C=O) groups excluding carboxylic acids is 1. The molecule has 2 bridgehead atoms. The Balaban J connectivity index is 1.60. The summed E-state index contributed by atoms with van der Waals surface area (Å²) in [7, 11) is -3.68. The van der Waals surface area contributed by atoms with Crippen LogP contribution in [0.15, 0.2) is 27.6 Å². The first-order valence-corrected chi connectivity index (χ1v) is 13.7. The molecule has 1 amide bonds. The molecule has 2 aliphatic carbocycles. The van der Waals surface area contributed by atoms with E-state index in [1.54, 1.807) is 22.5 Å². The zero-order valence-corrected chi connectivity index (χ0v) is 21.6. The van der Waals surface area contributed by atoms with Gasteiger partial charge in [0, 0.05) is 29.2 Å². The number of hydrogen-bond donors (Lipinski definition) is 1. The zero-order chi connectivity index (χ0) is 22.8. The Kier molecular flexibility index (Phi) is 5.88. The lowest BCUT2D eigenvalue weighted by Crippen LogP contribution is -2.52. The molecule has 31 heavy (non-hydrogen) atoms. The smallest absolute Gasteiger partial charge is 0.251 e. The average molecular weight is 512 g/mol. The third-order valence-electron chi connectivity index (χ3n) is 8.19. The van der Waals surface area contributed by atoms with E-state index in [9.17, 15) is 13.2 Å². The second-order valence-corrected chi connectivity index (χ2v) is 14.0. The molecule has 1 aromatic carbocycles. The minimum absolute atomic E-state index is 0.0486. The first-order chi connectivity index (χ1) is 14.3. The van der Waals surface area contributed by atoms with Crippen LogP contribution in [-0.4, -0.2) is 37.8 Å². The van der Waals surface area contributed by atoms with Gasteiger partial charge in [0.25, 0.3) is 5.91 Å². The van der Waals surface area contributed by atoms with Crippen LogP contribution < -0.4 is 5.32 Å². The fourth-order valence-electron chi connectivity index (χ4n) is 6.66. The molecule has 1 N–H and O–H groups in total. The number of nitrogens with one attached hydrogen (secondary N) is 1. The van der Waals surface area contributed by atoms with E-state index in [4.69, 9.17) is 0 Å². The number of hydrogen-bond acceptors (Lipinski definition) is 3. The van der Waals surface area contributed by atoms with E-state index in [-0.39, 0.29) is 27.7 Å². The highest BCUT2D eigenvalue weighted by atomic mass is 79.9. The fourth-order valence-corrected chi connectivity index (χ4v) is 9.29. The van der Waals surface area contributed by atoms with E-state index in [1.807, 2.05) is 0 Å². The van der Waals surface area contributed by atoms with Crippen molar-refractivity contribution in [1.29, 1.82) is 0 Å².